The van der Waals surface area contributed by atoms with Crippen molar-refractivity contribution in [3.05, 3.63) is 63.9 Å². The van der Waals surface area contributed by atoms with E-state index in [1.54, 1.807) is 6.92 Å². The Morgan fingerprint density at radius 3 is 2.50 bits per heavy atom. The number of nitrogens with zero attached hydrogens (tertiary/aromatic N) is 4. The molecule has 0 aliphatic heterocycles. The number of benzene rings is 1. The van der Waals surface area contributed by atoms with E-state index >= 15 is 0 Å². The van der Waals surface area contributed by atoms with E-state index in [9.17, 15) is 35.5 Å². The minimum Gasteiger partial charge on any atom is -0.490 e. The summed E-state index contributed by atoms with van der Waals surface area (Å²) >= 11 is 0.984. The third kappa shape index (κ3) is 8.34. The molecule has 1 amide bonds. The maximum Gasteiger partial charge on any atom is 0.434 e. The van der Waals surface area contributed by atoms with Gasteiger partial charge in [0.2, 0.25) is 0 Å². The molecule has 0 unspecified atom stereocenters. The first-order chi connectivity index (χ1) is 17.7. The molecule has 1 aromatic carbocycles. The predicted molar refractivity (Wildman–Crippen MR) is 125 cm³/mol. The summed E-state index contributed by atoms with van der Waals surface area (Å²) in [7, 11) is 1.31. The summed E-state index contributed by atoms with van der Waals surface area (Å²) in [5, 5.41) is 2.61. The fraction of sp³-hybridized carbons (Fsp3) is 0.391. The third-order valence-corrected chi connectivity index (χ3v) is 6.01. The van der Waals surface area contributed by atoms with Crippen molar-refractivity contribution in [2.24, 2.45) is 0 Å². The Labute approximate surface area is 216 Å². The standard InChI is InChI=1S/C23H22F7N5O2S/c1-13-20(18(38-34-13)9-15-10-32-19(11-31-15)23(28,29)30)21(36)33-14-4-5-16(24)17(8-14)37-7-3-6-35(2)12-22(25,26)27/h4-5,8,10-11H,3,6-7,9,12H2,1-2H3,(H,33,36). The van der Waals surface area contributed by atoms with E-state index in [2.05, 4.69) is 19.7 Å². The molecule has 2 aromatic heterocycles. The van der Waals surface area contributed by atoms with Crippen LogP contribution >= 0.6 is 11.5 Å². The van der Waals surface area contributed by atoms with Gasteiger partial charge in [-0.15, -0.1) is 0 Å². The SMILES string of the molecule is Cc1nsc(Cc2cnc(C(F)(F)F)cn2)c1C(=O)Nc1ccc(F)c(OCCCN(C)CC(F)(F)F)c1. The van der Waals surface area contributed by atoms with Crippen molar-refractivity contribution >= 4 is 23.1 Å². The Balaban J connectivity index is 1.63. The molecule has 0 atom stereocenters. The minimum atomic E-state index is -4.63. The third-order valence-electron chi connectivity index (χ3n) is 5.08. The molecular weight excluding hydrogens is 543 g/mol. The van der Waals surface area contributed by atoms with E-state index in [4.69, 9.17) is 4.74 Å². The summed E-state index contributed by atoms with van der Waals surface area (Å²) < 4.78 is 99.0. The number of halogens is 7. The zero-order chi connectivity index (χ0) is 28.1. The Morgan fingerprint density at radius 2 is 1.87 bits per heavy atom. The van der Waals surface area contributed by atoms with Crippen LogP contribution in [0.1, 0.15) is 38.7 Å². The number of aromatic nitrogens is 3. The van der Waals surface area contributed by atoms with Gasteiger partial charge in [0.25, 0.3) is 5.91 Å². The van der Waals surface area contributed by atoms with Crippen LogP contribution in [0.5, 0.6) is 5.75 Å². The number of rotatable bonds is 10. The topological polar surface area (TPSA) is 80.2 Å². The lowest BCUT2D eigenvalue weighted by Crippen LogP contribution is -2.32. The van der Waals surface area contributed by atoms with Gasteiger partial charge in [-0.3, -0.25) is 14.7 Å². The molecule has 0 aliphatic carbocycles. The van der Waals surface area contributed by atoms with Crippen LogP contribution in [0, 0.1) is 12.7 Å². The van der Waals surface area contributed by atoms with E-state index in [0.29, 0.717) is 16.8 Å². The van der Waals surface area contributed by atoms with Gasteiger partial charge < -0.3 is 10.1 Å². The number of aryl methyl sites for hydroxylation is 1. The molecule has 7 nitrogen and oxygen atoms in total. The number of anilines is 1. The number of ether oxygens (including phenoxy) is 1. The lowest BCUT2D eigenvalue weighted by molar-refractivity contribution is -0.143. The number of carbonyl (C=O) groups is 1. The molecule has 1 N–H and O–H groups in total. The van der Waals surface area contributed by atoms with E-state index in [0.717, 1.165) is 28.7 Å². The molecule has 0 fully saturated rings. The van der Waals surface area contributed by atoms with E-state index in [-0.39, 0.29) is 48.7 Å². The quantitative estimate of drug-likeness (QED) is 0.258. The van der Waals surface area contributed by atoms with Gasteiger partial charge in [-0.05, 0) is 44.1 Å². The van der Waals surface area contributed by atoms with Gasteiger partial charge in [0.15, 0.2) is 17.3 Å². The smallest absolute Gasteiger partial charge is 0.434 e. The largest absolute Gasteiger partial charge is 0.490 e. The first-order valence-corrected chi connectivity index (χ1v) is 11.8. The second-order valence-corrected chi connectivity index (χ2v) is 9.15. The summed E-state index contributed by atoms with van der Waals surface area (Å²) in [5.74, 6) is -1.50. The van der Waals surface area contributed by atoms with Crippen LogP contribution in [0.3, 0.4) is 0 Å². The van der Waals surface area contributed by atoms with Crippen LogP contribution in [0.15, 0.2) is 30.6 Å². The summed E-state index contributed by atoms with van der Waals surface area (Å²) in [6.07, 6.45) is -7.14. The lowest BCUT2D eigenvalue weighted by Gasteiger charge is -2.18. The molecule has 2 heterocycles. The maximum atomic E-state index is 14.2. The molecule has 38 heavy (non-hydrogen) atoms. The van der Waals surface area contributed by atoms with Crippen molar-refractivity contribution in [3.8, 4) is 5.75 Å². The Morgan fingerprint density at radius 1 is 1.13 bits per heavy atom. The molecule has 3 rings (SSSR count). The average molecular weight is 566 g/mol. The highest BCUT2D eigenvalue weighted by atomic mass is 32.1. The van der Waals surface area contributed by atoms with Crippen molar-refractivity contribution in [1.82, 2.24) is 19.2 Å². The minimum absolute atomic E-state index is 0.0139. The van der Waals surface area contributed by atoms with E-state index in [1.807, 2.05) is 0 Å². The van der Waals surface area contributed by atoms with Crippen LogP contribution in [0.25, 0.3) is 0 Å². The zero-order valence-electron chi connectivity index (χ0n) is 20.1. The summed E-state index contributed by atoms with van der Waals surface area (Å²) in [6.45, 7) is 0.534. The van der Waals surface area contributed by atoms with Gasteiger partial charge in [0.1, 0.15) is 0 Å². The highest BCUT2D eigenvalue weighted by Crippen LogP contribution is 2.28. The molecule has 0 aliphatic rings. The Bertz CT molecular complexity index is 1250. The normalized spacial score (nSPS) is 12.2. The Kier molecular flexibility index (Phi) is 9.25. The van der Waals surface area contributed by atoms with Gasteiger partial charge in [-0.25, -0.2) is 9.37 Å². The van der Waals surface area contributed by atoms with Gasteiger partial charge >= 0.3 is 12.4 Å². The Hall–Kier alpha value is -3.33. The number of alkyl halides is 6. The number of hydrogen-bond acceptors (Lipinski definition) is 7. The molecule has 0 spiro atoms. The first-order valence-electron chi connectivity index (χ1n) is 11.0. The average Bonchev–Trinajstić information content (AvgIpc) is 3.17. The van der Waals surface area contributed by atoms with E-state index in [1.165, 1.54) is 19.2 Å². The van der Waals surface area contributed by atoms with E-state index < -0.39 is 36.3 Å². The fourth-order valence-electron chi connectivity index (χ4n) is 3.37. The van der Waals surface area contributed by atoms with Crippen LogP contribution in [-0.2, 0) is 12.6 Å². The fourth-order valence-corrected chi connectivity index (χ4v) is 4.25. The number of nitrogens with one attached hydrogen (secondary N) is 1. The summed E-state index contributed by atoms with van der Waals surface area (Å²) in [6, 6.07) is 3.61. The van der Waals surface area contributed by atoms with Crippen molar-refractivity contribution in [1.29, 1.82) is 0 Å². The monoisotopic (exact) mass is 565 g/mol. The molecule has 0 saturated carbocycles. The molecule has 0 bridgehead atoms. The summed E-state index contributed by atoms with van der Waals surface area (Å²) in [5.41, 5.74) is -0.178. The van der Waals surface area contributed by atoms with Crippen molar-refractivity contribution in [2.75, 3.05) is 32.1 Å². The second-order valence-electron chi connectivity index (χ2n) is 8.29. The number of amides is 1. The summed E-state index contributed by atoms with van der Waals surface area (Å²) in [4.78, 5) is 21.6. The van der Waals surface area contributed by atoms with Crippen molar-refractivity contribution in [3.63, 3.8) is 0 Å². The number of hydrogen-bond donors (Lipinski definition) is 1. The van der Waals surface area contributed by atoms with Crippen molar-refractivity contribution in [2.45, 2.75) is 32.1 Å². The molecule has 0 radical (unpaired) electrons. The molecule has 0 saturated heterocycles. The van der Waals surface area contributed by atoms with Crippen molar-refractivity contribution < 1.29 is 40.3 Å². The van der Waals surface area contributed by atoms with Gasteiger partial charge in [-0.2, -0.15) is 30.7 Å². The highest BCUT2D eigenvalue weighted by molar-refractivity contribution is 7.06. The van der Waals surface area contributed by atoms with Gasteiger partial charge in [0, 0.05) is 35.8 Å². The lowest BCUT2D eigenvalue weighted by atomic mass is 10.1. The molecule has 3 aromatic rings. The van der Waals surface area contributed by atoms with Crippen LogP contribution in [0.4, 0.5) is 36.4 Å². The first kappa shape index (κ1) is 29.2. The highest BCUT2D eigenvalue weighted by Gasteiger charge is 2.33. The predicted octanol–water partition coefficient (Wildman–Crippen LogP) is 5.51. The van der Waals surface area contributed by atoms with Crippen LogP contribution < -0.4 is 10.1 Å². The molecular formula is C23H22F7N5O2S. The zero-order valence-corrected chi connectivity index (χ0v) is 20.9. The van der Waals surface area contributed by atoms with Gasteiger partial charge in [-0.1, -0.05) is 0 Å². The van der Waals surface area contributed by atoms with Crippen LogP contribution in [-0.4, -0.2) is 58.1 Å². The molecule has 15 heteroatoms. The maximum absolute atomic E-state index is 14.2. The molecule has 206 valence electrons. The second kappa shape index (κ2) is 12.0. The van der Waals surface area contributed by atoms with Gasteiger partial charge in [0.05, 0.1) is 36.3 Å². The number of carbonyl (C=O) groups excluding carboxylic acids is 1. The van der Waals surface area contributed by atoms with Crippen LogP contribution in [0.2, 0.25) is 0 Å².